The molecule has 2 rings (SSSR count). The van der Waals surface area contributed by atoms with Gasteiger partial charge in [0, 0.05) is 6.54 Å². The van der Waals surface area contributed by atoms with Crippen LogP contribution < -0.4 is 9.04 Å². The van der Waals surface area contributed by atoms with Crippen LogP contribution in [-0.2, 0) is 10.0 Å². The Morgan fingerprint density at radius 1 is 0.955 bits per heavy atom. The Morgan fingerprint density at radius 2 is 1.55 bits per heavy atom. The maximum Gasteiger partial charge on any atom is 0.264 e. The van der Waals surface area contributed by atoms with Crippen LogP contribution in [0.1, 0.15) is 19.4 Å². The first-order valence-electron chi connectivity index (χ1n) is 7.31. The molecule has 22 heavy (non-hydrogen) atoms. The Kier molecular flexibility index (Phi) is 5.08. The van der Waals surface area contributed by atoms with Gasteiger partial charge in [-0.25, -0.2) is 8.42 Å². The molecule has 0 saturated carbocycles. The normalized spacial score (nSPS) is 11.2. The van der Waals surface area contributed by atoms with Crippen LogP contribution in [0.2, 0.25) is 0 Å². The van der Waals surface area contributed by atoms with E-state index in [0.717, 1.165) is 11.3 Å². The van der Waals surface area contributed by atoms with E-state index in [0.29, 0.717) is 23.7 Å². The van der Waals surface area contributed by atoms with Crippen molar-refractivity contribution in [2.45, 2.75) is 25.7 Å². The fraction of sp³-hybridized carbons (Fsp3) is 0.294. The second kappa shape index (κ2) is 6.83. The Labute approximate surface area is 132 Å². The Balaban J connectivity index is 2.35. The molecule has 2 aromatic carbocycles. The standard InChI is InChI=1S/C17H21NO3S/c1-4-18(15-8-10-16(11-9-15)21-5-2)22(19,20)17-12-6-14(3)7-13-17/h6-13H,4-5H2,1-3H3. The Hall–Kier alpha value is -2.01. The monoisotopic (exact) mass is 319 g/mol. The van der Waals surface area contributed by atoms with Gasteiger partial charge in [0.2, 0.25) is 0 Å². The summed E-state index contributed by atoms with van der Waals surface area (Å²) < 4.78 is 32.3. The van der Waals surface area contributed by atoms with E-state index < -0.39 is 10.0 Å². The molecule has 5 heteroatoms. The lowest BCUT2D eigenvalue weighted by Gasteiger charge is -2.23. The van der Waals surface area contributed by atoms with E-state index in [-0.39, 0.29) is 0 Å². The maximum absolute atomic E-state index is 12.8. The van der Waals surface area contributed by atoms with E-state index in [9.17, 15) is 8.42 Å². The van der Waals surface area contributed by atoms with Gasteiger partial charge in [-0.3, -0.25) is 4.31 Å². The SMILES string of the molecule is CCOc1ccc(N(CC)S(=O)(=O)c2ccc(C)cc2)cc1. The lowest BCUT2D eigenvalue weighted by molar-refractivity contribution is 0.340. The summed E-state index contributed by atoms with van der Waals surface area (Å²) in [4.78, 5) is 0.300. The third kappa shape index (κ3) is 3.42. The third-order valence-corrected chi connectivity index (χ3v) is 5.25. The van der Waals surface area contributed by atoms with Gasteiger partial charge in [0.15, 0.2) is 0 Å². The summed E-state index contributed by atoms with van der Waals surface area (Å²) in [6.07, 6.45) is 0. The Bertz CT molecular complexity index is 707. The molecule has 2 aromatic rings. The van der Waals surface area contributed by atoms with Crippen molar-refractivity contribution in [3.05, 3.63) is 54.1 Å². The number of hydrogen-bond donors (Lipinski definition) is 0. The van der Waals surface area contributed by atoms with Crippen LogP contribution in [0.3, 0.4) is 0 Å². The van der Waals surface area contributed by atoms with Gasteiger partial charge in [-0.05, 0) is 57.2 Å². The first kappa shape index (κ1) is 16.4. The van der Waals surface area contributed by atoms with E-state index in [1.807, 2.05) is 20.8 Å². The average molecular weight is 319 g/mol. The van der Waals surface area contributed by atoms with Crippen molar-refractivity contribution in [1.82, 2.24) is 0 Å². The molecular formula is C17H21NO3S. The smallest absolute Gasteiger partial charge is 0.264 e. The maximum atomic E-state index is 12.8. The van der Waals surface area contributed by atoms with Gasteiger partial charge in [-0.2, -0.15) is 0 Å². The third-order valence-electron chi connectivity index (χ3n) is 3.33. The molecule has 0 heterocycles. The molecule has 118 valence electrons. The van der Waals surface area contributed by atoms with Gasteiger partial charge in [-0.1, -0.05) is 17.7 Å². The second-order valence-corrected chi connectivity index (χ2v) is 6.77. The van der Waals surface area contributed by atoms with E-state index in [1.54, 1.807) is 48.5 Å². The Morgan fingerprint density at radius 3 is 2.05 bits per heavy atom. The first-order valence-corrected chi connectivity index (χ1v) is 8.75. The molecule has 0 saturated heterocycles. The molecule has 0 radical (unpaired) electrons. The van der Waals surface area contributed by atoms with Crippen LogP contribution in [0, 0.1) is 6.92 Å². The molecule has 0 aliphatic rings. The van der Waals surface area contributed by atoms with Crippen LogP contribution in [0.15, 0.2) is 53.4 Å². The fourth-order valence-corrected chi connectivity index (χ4v) is 3.68. The summed E-state index contributed by atoms with van der Waals surface area (Å²) in [7, 11) is -3.55. The zero-order valence-electron chi connectivity index (χ0n) is 13.1. The minimum Gasteiger partial charge on any atom is -0.494 e. The molecule has 4 nitrogen and oxygen atoms in total. The highest BCUT2D eigenvalue weighted by Gasteiger charge is 2.23. The van der Waals surface area contributed by atoms with Crippen LogP contribution in [0.5, 0.6) is 5.75 Å². The zero-order chi connectivity index (χ0) is 16.2. The van der Waals surface area contributed by atoms with E-state index in [4.69, 9.17) is 4.74 Å². The van der Waals surface area contributed by atoms with Crippen molar-refractivity contribution in [1.29, 1.82) is 0 Å². The number of rotatable bonds is 6. The van der Waals surface area contributed by atoms with Crippen molar-refractivity contribution < 1.29 is 13.2 Å². The van der Waals surface area contributed by atoms with Crippen LogP contribution in [0.4, 0.5) is 5.69 Å². The predicted octanol–water partition coefficient (Wildman–Crippen LogP) is 3.61. The van der Waals surface area contributed by atoms with Crippen LogP contribution in [-0.4, -0.2) is 21.6 Å². The largest absolute Gasteiger partial charge is 0.494 e. The summed E-state index contributed by atoms with van der Waals surface area (Å²) in [5.74, 6) is 0.732. The summed E-state index contributed by atoms with van der Waals surface area (Å²) in [5.41, 5.74) is 1.66. The molecule has 0 atom stereocenters. The lowest BCUT2D eigenvalue weighted by atomic mass is 10.2. The molecular weight excluding hydrogens is 298 g/mol. The van der Waals surface area contributed by atoms with Gasteiger partial charge in [-0.15, -0.1) is 0 Å². The van der Waals surface area contributed by atoms with E-state index >= 15 is 0 Å². The van der Waals surface area contributed by atoms with Crippen LogP contribution in [0.25, 0.3) is 0 Å². The molecule has 0 N–H and O–H groups in total. The number of aryl methyl sites for hydroxylation is 1. The molecule has 0 spiro atoms. The highest BCUT2D eigenvalue weighted by molar-refractivity contribution is 7.92. The van der Waals surface area contributed by atoms with E-state index in [1.165, 1.54) is 4.31 Å². The second-order valence-electron chi connectivity index (χ2n) is 4.91. The van der Waals surface area contributed by atoms with Crippen molar-refractivity contribution in [2.24, 2.45) is 0 Å². The highest BCUT2D eigenvalue weighted by Crippen LogP contribution is 2.25. The summed E-state index contributed by atoms with van der Waals surface area (Å²) >= 11 is 0. The average Bonchev–Trinajstić information content (AvgIpc) is 2.50. The number of benzene rings is 2. The topological polar surface area (TPSA) is 46.6 Å². The van der Waals surface area contributed by atoms with Crippen molar-refractivity contribution >= 4 is 15.7 Å². The van der Waals surface area contributed by atoms with Gasteiger partial charge < -0.3 is 4.74 Å². The number of ether oxygens (including phenoxy) is 1. The van der Waals surface area contributed by atoms with Crippen molar-refractivity contribution in [3.8, 4) is 5.75 Å². The number of anilines is 1. The highest BCUT2D eigenvalue weighted by atomic mass is 32.2. The molecule has 0 bridgehead atoms. The van der Waals surface area contributed by atoms with Crippen LogP contribution >= 0.6 is 0 Å². The first-order chi connectivity index (χ1) is 10.5. The molecule has 0 fully saturated rings. The molecule has 0 amide bonds. The molecule has 0 aliphatic carbocycles. The van der Waals surface area contributed by atoms with E-state index in [2.05, 4.69) is 0 Å². The number of hydrogen-bond acceptors (Lipinski definition) is 3. The summed E-state index contributed by atoms with van der Waals surface area (Å²) in [6.45, 7) is 6.61. The molecule has 0 aliphatic heterocycles. The summed E-state index contributed by atoms with van der Waals surface area (Å²) in [5, 5.41) is 0. The summed E-state index contributed by atoms with van der Waals surface area (Å²) in [6, 6.07) is 14.0. The minimum atomic E-state index is -3.55. The van der Waals surface area contributed by atoms with Gasteiger partial charge >= 0.3 is 0 Å². The number of sulfonamides is 1. The lowest BCUT2D eigenvalue weighted by Crippen LogP contribution is -2.30. The van der Waals surface area contributed by atoms with Gasteiger partial charge in [0.1, 0.15) is 5.75 Å². The number of nitrogens with zero attached hydrogens (tertiary/aromatic N) is 1. The molecule has 0 aromatic heterocycles. The fourth-order valence-electron chi connectivity index (χ4n) is 2.20. The molecule has 0 unspecified atom stereocenters. The van der Waals surface area contributed by atoms with Gasteiger partial charge in [0.25, 0.3) is 10.0 Å². The van der Waals surface area contributed by atoms with Crippen molar-refractivity contribution in [3.63, 3.8) is 0 Å². The van der Waals surface area contributed by atoms with Crippen molar-refractivity contribution in [2.75, 3.05) is 17.5 Å². The minimum absolute atomic E-state index is 0.300. The zero-order valence-corrected chi connectivity index (χ0v) is 13.9. The van der Waals surface area contributed by atoms with Gasteiger partial charge in [0.05, 0.1) is 17.2 Å². The quantitative estimate of drug-likeness (QED) is 0.817. The predicted molar refractivity (Wildman–Crippen MR) is 89.0 cm³/mol.